The third-order valence-electron chi connectivity index (χ3n) is 3.07. The zero-order valence-electron chi connectivity index (χ0n) is 9.73. The first-order valence-corrected chi connectivity index (χ1v) is 6.00. The molecule has 1 fully saturated rings. The Balaban J connectivity index is 2.08. The lowest BCUT2D eigenvalue weighted by atomic mass is 10.2. The van der Waals surface area contributed by atoms with E-state index in [2.05, 4.69) is 9.88 Å². The lowest BCUT2D eigenvalue weighted by Gasteiger charge is -2.22. The molecule has 0 spiro atoms. The van der Waals surface area contributed by atoms with Gasteiger partial charge in [0.25, 0.3) is 0 Å². The number of carbonyl (C=O) groups is 1. The maximum absolute atomic E-state index is 11.6. The number of rotatable bonds is 3. The molecular formula is C12H15ClN2O2. The number of aromatic nitrogens is 1. The second-order valence-electron chi connectivity index (χ2n) is 4.12. The van der Waals surface area contributed by atoms with Gasteiger partial charge in [0.05, 0.1) is 12.1 Å². The summed E-state index contributed by atoms with van der Waals surface area (Å²) in [6.45, 7) is 1.57. The fraction of sp³-hybridized carbons (Fsp3) is 0.500. The van der Waals surface area contributed by atoms with Crippen LogP contribution < -0.4 is 0 Å². The van der Waals surface area contributed by atoms with Crippen molar-refractivity contribution in [3.8, 4) is 0 Å². The minimum Gasteiger partial charge on any atom is -0.468 e. The molecule has 0 amide bonds. The van der Waals surface area contributed by atoms with Crippen LogP contribution in [0.1, 0.15) is 18.4 Å². The summed E-state index contributed by atoms with van der Waals surface area (Å²) in [5.41, 5.74) is 0.998. The molecule has 1 aliphatic rings. The van der Waals surface area contributed by atoms with Gasteiger partial charge < -0.3 is 4.74 Å². The monoisotopic (exact) mass is 254 g/mol. The van der Waals surface area contributed by atoms with Crippen LogP contribution in [0, 0.1) is 0 Å². The van der Waals surface area contributed by atoms with Crippen LogP contribution in [0.2, 0.25) is 5.02 Å². The van der Waals surface area contributed by atoms with Gasteiger partial charge in [-0.1, -0.05) is 11.6 Å². The molecule has 0 aromatic carbocycles. The topological polar surface area (TPSA) is 42.4 Å². The van der Waals surface area contributed by atoms with Crippen LogP contribution in [-0.4, -0.2) is 35.5 Å². The van der Waals surface area contributed by atoms with Gasteiger partial charge >= 0.3 is 5.97 Å². The number of hydrogen-bond acceptors (Lipinski definition) is 4. The summed E-state index contributed by atoms with van der Waals surface area (Å²) in [6.07, 6.45) is 5.21. The van der Waals surface area contributed by atoms with Crippen LogP contribution in [0.4, 0.5) is 0 Å². The van der Waals surface area contributed by atoms with E-state index in [4.69, 9.17) is 16.3 Å². The lowest BCUT2D eigenvalue weighted by Crippen LogP contribution is -2.36. The summed E-state index contributed by atoms with van der Waals surface area (Å²) < 4.78 is 4.81. The number of halogens is 1. The average molecular weight is 255 g/mol. The molecule has 4 nitrogen and oxygen atoms in total. The quantitative estimate of drug-likeness (QED) is 0.773. The highest BCUT2D eigenvalue weighted by molar-refractivity contribution is 6.31. The molecule has 1 aromatic heterocycles. The van der Waals surface area contributed by atoms with Gasteiger partial charge in [0, 0.05) is 18.9 Å². The van der Waals surface area contributed by atoms with E-state index in [0.717, 1.165) is 24.9 Å². The van der Waals surface area contributed by atoms with E-state index in [9.17, 15) is 4.79 Å². The first-order valence-electron chi connectivity index (χ1n) is 5.62. The molecule has 0 radical (unpaired) electrons. The number of carbonyl (C=O) groups excluding carboxylic acids is 1. The Morgan fingerprint density at radius 1 is 1.71 bits per heavy atom. The Labute approximate surface area is 106 Å². The van der Waals surface area contributed by atoms with Crippen molar-refractivity contribution in [2.75, 3.05) is 13.7 Å². The molecule has 1 aliphatic heterocycles. The molecule has 2 heterocycles. The normalized spacial score (nSPS) is 20.5. The smallest absolute Gasteiger partial charge is 0.323 e. The third-order valence-corrected chi connectivity index (χ3v) is 3.41. The molecule has 17 heavy (non-hydrogen) atoms. The van der Waals surface area contributed by atoms with Gasteiger partial charge in [-0.05, 0) is 31.0 Å². The molecule has 0 N–H and O–H groups in total. The maximum atomic E-state index is 11.6. The Morgan fingerprint density at radius 3 is 3.24 bits per heavy atom. The molecule has 1 unspecified atom stereocenters. The first-order chi connectivity index (χ1) is 8.22. The number of hydrogen-bond donors (Lipinski definition) is 0. The van der Waals surface area contributed by atoms with Crippen molar-refractivity contribution < 1.29 is 9.53 Å². The fourth-order valence-corrected chi connectivity index (χ4v) is 2.35. The molecule has 92 valence electrons. The minimum atomic E-state index is -0.160. The Hall–Kier alpha value is -1.13. The first kappa shape index (κ1) is 12.3. The average Bonchev–Trinajstić information content (AvgIpc) is 2.79. The number of nitrogens with zero attached hydrogens (tertiary/aromatic N) is 2. The van der Waals surface area contributed by atoms with Crippen LogP contribution in [0.5, 0.6) is 0 Å². The molecule has 5 heteroatoms. The third kappa shape index (κ3) is 2.76. The van der Waals surface area contributed by atoms with Crippen LogP contribution in [0.3, 0.4) is 0 Å². The van der Waals surface area contributed by atoms with Crippen molar-refractivity contribution in [1.82, 2.24) is 9.88 Å². The predicted octanol–water partition coefficient (Wildman–Crippen LogP) is 1.87. The Morgan fingerprint density at radius 2 is 2.53 bits per heavy atom. The van der Waals surface area contributed by atoms with Gasteiger partial charge in [0.15, 0.2) is 0 Å². The number of methoxy groups -OCH3 is 1. The summed E-state index contributed by atoms with van der Waals surface area (Å²) in [7, 11) is 1.43. The molecule has 1 atom stereocenters. The van der Waals surface area contributed by atoms with E-state index in [1.807, 2.05) is 6.07 Å². The van der Waals surface area contributed by atoms with Crippen molar-refractivity contribution in [2.45, 2.75) is 25.4 Å². The standard InChI is InChI=1S/C12H15ClN2O2/c1-17-12(16)11-3-2-6-15(11)8-9-4-5-14-7-10(9)13/h4-5,7,11H,2-3,6,8H2,1H3. The van der Waals surface area contributed by atoms with Crippen molar-refractivity contribution in [3.05, 3.63) is 29.0 Å². The molecular weight excluding hydrogens is 240 g/mol. The summed E-state index contributed by atoms with van der Waals surface area (Å²) >= 11 is 6.06. The number of likely N-dealkylation sites (tertiary alicyclic amines) is 1. The summed E-state index contributed by atoms with van der Waals surface area (Å²) in [4.78, 5) is 17.6. The van der Waals surface area contributed by atoms with E-state index in [1.165, 1.54) is 7.11 Å². The summed E-state index contributed by atoms with van der Waals surface area (Å²) in [5, 5.41) is 0.642. The van der Waals surface area contributed by atoms with Crippen molar-refractivity contribution >= 4 is 17.6 Å². The molecule has 2 rings (SSSR count). The largest absolute Gasteiger partial charge is 0.468 e. The van der Waals surface area contributed by atoms with Gasteiger partial charge in [-0.25, -0.2) is 0 Å². The van der Waals surface area contributed by atoms with Gasteiger partial charge in [0.2, 0.25) is 0 Å². The van der Waals surface area contributed by atoms with E-state index >= 15 is 0 Å². The van der Waals surface area contributed by atoms with Crippen LogP contribution in [0.15, 0.2) is 18.5 Å². The van der Waals surface area contributed by atoms with Crippen LogP contribution >= 0.6 is 11.6 Å². The number of pyridine rings is 1. The highest BCUT2D eigenvalue weighted by Gasteiger charge is 2.31. The zero-order chi connectivity index (χ0) is 12.3. The summed E-state index contributed by atoms with van der Waals surface area (Å²) in [6, 6.07) is 1.75. The van der Waals surface area contributed by atoms with Crippen LogP contribution in [-0.2, 0) is 16.1 Å². The molecule has 0 aliphatic carbocycles. The number of ether oxygens (including phenoxy) is 1. The Kier molecular flexibility index (Phi) is 3.97. The van der Waals surface area contributed by atoms with Crippen molar-refractivity contribution in [1.29, 1.82) is 0 Å². The van der Waals surface area contributed by atoms with E-state index in [0.29, 0.717) is 11.6 Å². The van der Waals surface area contributed by atoms with Crippen LogP contribution in [0.25, 0.3) is 0 Å². The highest BCUT2D eigenvalue weighted by Crippen LogP contribution is 2.23. The van der Waals surface area contributed by atoms with Gasteiger partial charge in [-0.15, -0.1) is 0 Å². The summed E-state index contributed by atoms with van der Waals surface area (Å²) in [5.74, 6) is -0.160. The maximum Gasteiger partial charge on any atom is 0.323 e. The van der Waals surface area contributed by atoms with Crippen molar-refractivity contribution in [3.63, 3.8) is 0 Å². The molecule has 0 saturated carbocycles. The molecule has 1 aromatic rings. The fourth-order valence-electron chi connectivity index (χ4n) is 2.17. The molecule has 0 bridgehead atoms. The van der Waals surface area contributed by atoms with E-state index in [1.54, 1.807) is 12.4 Å². The van der Waals surface area contributed by atoms with Crippen molar-refractivity contribution in [2.24, 2.45) is 0 Å². The van der Waals surface area contributed by atoms with E-state index in [-0.39, 0.29) is 12.0 Å². The van der Waals surface area contributed by atoms with Gasteiger partial charge in [-0.3, -0.25) is 14.7 Å². The molecule has 1 saturated heterocycles. The number of esters is 1. The second-order valence-corrected chi connectivity index (χ2v) is 4.53. The highest BCUT2D eigenvalue weighted by atomic mass is 35.5. The van der Waals surface area contributed by atoms with Gasteiger partial charge in [-0.2, -0.15) is 0 Å². The Bertz CT molecular complexity index is 411. The lowest BCUT2D eigenvalue weighted by molar-refractivity contribution is -0.146. The van der Waals surface area contributed by atoms with Gasteiger partial charge in [0.1, 0.15) is 6.04 Å². The zero-order valence-corrected chi connectivity index (χ0v) is 10.5. The minimum absolute atomic E-state index is 0.135. The SMILES string of the molecule is COC(=O)C1CCCN1Cc1ccncc1Cl. The second kappa shape index (κ2) is 5.47. The van der Waals surface area contributed by atoms with E-state index < -0.39 is 0 Å². The predicted molar refractivity (Wildman–Crippen MR) is 64.7 cm³/mol.